The predicted octanol–water partition coefficient (Wildman–Crippen LogP) is 2.96. The number of carbonyl (C=O) groups is 1. The van der Waals surface area contributed by atoms with Gasteiger partial charge in [-0.15, -0.1) is 0 Å². The molecule has 2 unspecified atom stereocenters. The summed E-state index contributed by atoms with van der Waals surface area (Å²) in [5.41, 5.74) is 1.87. The largest absolute Gasteiger partial charge is 0.464 e. The number of aliphatic hydroxyl groups is 1. The van der Waals surface area contributed by atoms with Crippen LogP contribution < -0.4 is 5.43 Å². The minimum absolute atomic E-state index is 0.117. The number of aryl methyl sites for hydroxylation is 1. The van der Waals surface area contributed by atoms with Gasteiger partial charge in [-0.2, -0.15) is 0 Å². The first kappa shape index (κ1) is 24.1. The lowest BCUT2D eigenvalue weighted by Crippen LogP contribution is -2.31. The molecule has 9 heteroatoms. The Morgan fingerprint density at radius 3 is 2.50 bits per heavy atom. The third-order valence-corrected chi connectivity index (χ3v) is 7.51. The summed E-state index contributed by atoms with van der Waals surface area (Å²) in [6.07, 6.45) is 3.40. The molecule has 180 valence electrons. The van der Waals surface area contributed by atoms with Crippen LogP contribution in [0, 0.1) is 6.92 Å². The summed E-state index contributed by atoms with van der Waals surface area (Å²) < 4.78 is 30.5. The fourth-order valence-electron chi connectivity index (χ4n) is 4.70. The van der Waals surface area contributed by atoms with Crippen LogP contribution >= 0.6 is 0 Å². The van der Waals surface area contributed by atoms with Gasteiger partial charge in [-0.3, -0.25) is 4.79 Å². The molecule has 1 aromatic carbocycles. The third kappa shape index (κ3) is 4.63. The zero-order valence-corrected chi connectivity index (χ0v) is 20.3. The second kappa shape index (κ2) is 9.31. The molecule has 4 rings (SSSR count). The number of aliphatic hydroxyl groups excluding tert-OH is 1. The molecule has 2 atom stereocenters. The Morgan fingerprint density at radius 1 is 1.18 bits per heavy atom. The zero-order valence-electron chi connectivity index (χ0n) is 19.4. The highest BCUT2D eigenvalue weighted by Crippen LogP contribution is 2.33. The summed E-state index contributed by atoms with van der Waals surface area (Å²) in [7, 11) is -2.09. The molecule has 34 heavy (non-hydrogen) atoms. The van der Waals surface area contributed by atoms with Crippen molar-refractivity contribution in [3.63, 3.8) is 0 Å². The van der Waals surface area contributed by atoms with E-state index in [1.807, 2.05) is 6.92 Å². The third-order valence-electron chi connectivity index (χ3n) is 6.38. The van der Waals surface area contributed by atoms with Gasteiger partial charge in [0, 0.05) is 30.0 Å². The molecule has 1 saturated carbocycles. The van der Waals surface area contributed by atoms with Crippen molar-refractivity contribution in [2.45, 2.75) is 56.1 Å². The van der Waals surface area contributed by atoms with Gasteiger partial charge in [0.15, 0.2) is 15.3 Å². The van der Waals surface area contributed by atoms with Gasteiger partial charge in [0.05, 0.1) is 23.5 Å². The van der Waals surface area contributed by atoms with Crippen molar-refractivity contribution >= 4 is 26.8 Å². The number of aromatic nitrogens is 2. The first-order valence-electron chi connectivity index (χ1n) is 11.2. The predicted molar refractivity (Wildman–Crippen MR) is 128 cm³/mol. The van der Waals surface area contributed by atoms with E-state index < -0.39 is 21.9 Å². The molecule has 0 radical (unpaired) electrons. The maximum absolute atomic E-state index is 13.6. The van der Waals surface area contributed by atoms with Gasteiger partial charge >= 0.3 is 5.97 Å². The number of hydrogen-bond acceptors (Lipinski definition) is 7. The second-order valence-electron chi connectivity index (χ2n) is 8.91. The van der Waals surface area contributed by atoms with E-state index >= 15 is 0 Å². The van der Waals surface area contributed by atoms with E-state index in [0.29, 0.717) is 35.1 Å². The first-order chi connectivity index (χ1) is 16.1. The number of carbonyl (C=O) groups excluding carboxylic acids is 1. The molecule has 2 aromatic heterocycles. The van der Waals surface area contributed by atoms with E-state index in [1.54, 1.807) is 28.8 Å². The summed E-state index contributed by atoms with van der Waals surface area (Å²) in [5, 5.41) is 10.7. The number of esters is 1. The standard InChI is InChI=1S/C25H28N2O6S/c1-15-7-12-20-23(29)21(13-16-8-10-19(11-9-16)34(3,31)32)22(25(30)33-2)27(24(20)26-15)17-5-4-6-18(28)14-17/h7-12,17-18,28H,4-6,13-14H2,1-3H3. The van der Waals surface area contributed by atoms with Crippen molar-refractivity contribution in [1.82, 2.24) is 9.55 Å². The minimum atomic E-state index is -3.36. The fraction of sp³-hybridized carbons (Fsp3) is 0.400. The topological polar surface area (TPSA) is 116 Å². The molecule has 1 aliphatic carbocycles. The second-order valence-corrected chi connectivity index (χ2v) is 10.9. The average molecular weight is 485 g/mol. The van der Waals surface area contributed by atoms with Gasteiger partial charge in [-0.25, -0.2) is 18.2 Å². The number of nitrogens with zero attached hydrogens (tertiary/aromatic N) is 2. The Kier molecular flexibility index (Phi) is 6.60. The van der Waals surface area contributed by atoms with Crippen LogP contribution in [0.15, 0.2) is 46.1 Å². The molecule has 0 saturated heterocycles. The smallest absolute Gasteiger partial charge is 0.355 e. The van der Waals surface area contributed by atoms with Crippen LogP contribution in [0.4, 0.5) is 0 Å². The molecule has 0 aliphatic heterocycles. The molecule has 2 heterocycles. The summed E-state index contributed by atoms with van der Waals surface area (Å²) in [4.78, 5) is 31.5. The Labute approximate surface area is 198 Å². The van der Waals surface area contributed by atoms with E-state index in [4.69, 9.17) is 4.74 Å². The quantitative estimate of drug-likeness (QED) is 0.554. The maximum atomic E-state index is 13.6. The summed E-state index contributed by atoms with van der Waals surface area (Å²) in [6.45, 7) is 1.82. The van der Waals surface area contributed by atoms with Crippen LogP contribution in [0.2, 0.25) is 0 Å². The van der Waals surface area contributed by atoms with E-state index in [0.717, 1.165) is 19.1 Å². The first-order valence-corrected chi connectivity index (χ1v) is 13.1. The number of pyridine rings is 2. The van der Waals surface area contributed by atoms with E-state index in [9.17, 15) is 23.1 Å². The highest BCUT2D eigenvalue weighted by Gasteiger charge is 2.30. The summed E-state index contributed by atoms with van der Waals surface area (Å²) >= 11 is 0. The molecule has 1 fully saturated rings. The van der Waals surface area contributed by atoms with Crippen LogP contribution in [0.25, 0.3) is 11.0 Å². The van der Waals surface area contributed by atoms with E-state index in [1.165, 1.54) is 19.2 Å². The van der Waals surface area contributed by atoms with Crippen LogP contribution in [0.5, 0.6) is 0 Å². The Balaban J connectivity index is 1.97. The number of hydrogen-bond donors (Lipinski definition) is 1. The monoisotopic (exact) mass is 484 g/mol. The average Bonchev–Trinajstić information content (AvgIpc) is 2.79. The number of methoxy groups -OCH3 is 1. The molecule has 3 aromatic rings. The van der Waals surface area contributed by atoms with E-state index in [-0.39, 0.29) is 34.0 Å². The molecule has 0 bridgehead atoms. The van der Waals surface area contributed by atoms with Crippen LogP contribution in [0.3, 0.4) is 0 Å². The number of benzene rings is 1. The maximum Gasteiger partial charge on any atom is 0.355 e. The van der Waals surface area contributed by atoms with Gasteiger partial charge in [0.25, 0.3) is 0 Å². The molecule has 0 spiro atoms. The fourth-order valence-corrected chi connectivity index (χ4v) is 5.33. The number of ether oxygens (including phenoxy) is 1. The molecule has 8 nitrogen and oxygen atoms in total. The van der Waals surface area contributed by atoms with Gasteiger partial charge in [0.2, 0.25) is 0 Å². The van der Waals surface area contributed by atoms with Gasteiger partial charge in [-0.05, 0) is 62.4 Å². The van der Waals surface area contributed by atoms with E-state index in [2.05, 4.69) is 4.98 Å². The Hall–Kier alpha value is -3.04. The van der Waals surface area contributed by atoms with Gasteiger partial charge in [0.1, 0.15) is 11.3 Å². The van der Waals surface area contributed by atoms with Crippen LogP contribution in [-0.2, 0) is 21.0 Å². The molecule has 1 aliphatic rings. The zero-order chi connectivity index (χ0) is 24.6. The highest BCUT2D eigenvalue weighted by atomic mass is 32.2. The minimum Gasteiger partial charge on any atom is -0.464 e. The number of rotatable bonds is 5. The molecule has 0 amide bonds. The lowest BCUT2D eigenvalue weighted by Gasteiger charge is -2.31. The van der Waals surface area contributed by atoms with Crippen LogP contribution in [-0.4, -0.2) is 48.5 Å². The number of sulfone groups is 1. The highest BCUT2D eigenvalue weighted by molar-refractivity contribution is 7.90. The molecule has 1 N–H and O–H groups in total. The van der Waals surface area contributed by atoms with Gasteiger partial charge in [-0.1, -0.05) is 12.1 Å². The van der Waals surface area contributed by atoms with Crippen molar-refractivity contribution in [2.24, 2.45) is 0 Å². The lowest BCUT2D eigenvalue weighted by atomic mass is 9.91. The van der Waals surface area contributed by atoms with Crippen molar-refractivity contribution in [1.29, 1.82) is 0 Å². The van der Waals surface area contributed by atoms with Crippen LogP contribution in [0.1, 0.15) is 59.0 Å². The Morgan fingerprint density at radius 2 is 1.88 bits per heavy atom. The SMILES string of the molecule is COC(=O)c1c(Cc2ccc(S(C)(=O)=O)cc2)c(=O)c2ccc(C)nc2n1C1CCCC(O)C1. The van der Waals surface area contributed by atoms with Gasteiger partial charge < -0.3 is 14.4 Å². The van der Waals surface area contributed by atoms with Crippen molar-refractivity contribution < 1.29 is 23.1 Å². The van der Waals surface area contributed by atoms with Crippen molar-refractivity contribution in [3.8, 4) is 0 Å². The number of fused-ring (bicyclic) bond motifs is 1. The molecular weight excluding hydrogens is 456 g/mol. The van der Waals surface area contributed by atoms with Crippen molar-refractivity contribution in [2.75, 3.05) is 13.4 Å². The lowest BCUT2D eigenvalue weighted by molar-refractivity contribution is 0.0571. The molecular formula is C25H28N2O6S. The Bertz CT molecular complexity index is 1410. The normalized spacial score (nSPS) is 18.7. The summed E-state index contributed by atoms with van der Waals surface area (Å²) in [5.74, 6) is -0.648. The van der Waals surface area contributed by atoms with Crippen molar-refractivity contribution in [3.05, 3.63) is 69.1 Å². The summed E-state index contributed by atoms with van der Waals surface area (Å²) in [6, 6.07) is 9.52.